The predicted molar refractivity (Wildman–Crippen MR) is 64.1 cm³/mol. The van der Waals surface area contributed by atoms with Crippen LogP contribution in [0.3, 0.4) is 0 Å². The zero-order valence-electron chi connectivity index (χ0n) is 10.1. The maximum atomic E-state index is 11.5. The summed E-state index contributed by atoms with van der Waals surface area (Å²) in [6.07, 6.45) is 4.41. The molecule has 0 atom stereocenters. The first-order valence-electron chi connectivity index (χ1n) is 5.53. The molecular formula is C12H19N3O. The predicted octanol–water partition coefficient (Wildman–Crippen LogP) is 2.03. The molecule has 1 heterocycles. The zero-order chi connectivity index (χ0) is 12.0. The lowest BCUT2D eigenvalue weighted by Crippen LogP contribution is -2.46. The Kier molecular flexibility index (Phi) is 4.28. The number of nitrogens with zero attached hydrogens (tertiary/aromatic N) is 1. The van der Waals surface area contributed by atoms with Gasteiger partial charge in [0.1, 0.15) is 0 Å². The van der Waals surface area contributed by atoms with E-state index in [1.807, 2.05) is 32.9 Å². The molecule has 0 saturated heterocycles. The van der Waals surface area contributed by atoms with Gasteiger partial charge in [0.05, 0.1) is 5.54 Å². The third kappa shape index (κ3) is 3.53. The minimum Gasteiger partial charge on any atom is -0.338 e. The number of amides is 2. The standard InChI is InChI=1S/C12H19N3O/c1-4-7-14-11(16)15-12(2,3)10-6-5-8-13-9-10/h5-6,8-9H,4,7H2,1-3H3,(H2,14,15,16). The second-order valence-electron chi connectivity index (χ2n) is 4.25. The van der Waals surface area contributed by atoms with E-state index in [4.69, 9.17) is 0 Å². The highest BCUT2D eigenvalue weighted by molar-refractivity contribution is 5.74. The summed E-state index contributed by atoms with van der Waals surface area (Å²) in [6, 6.07) is 3.67. The second-order valence-corrected chi connectivity index (χ2v) is 4.25. The molecule has 0 aliphatic rings. The van der Waals surface area contributed by atoms with Gasteiger partial charge in [0.2, 0.25) is 0 Å². The van der Waals surface area contributed by atoms with Crippen molar-refractivity contribution in [3.8, 4) is 0 Å². The van der Waals surface area contributed by atoms with Crippen molar-refractivity contribution in [2.24, 2.45) is 0 Å². The normalized spacial score (nSPS) is 10.9. The first-order valence-corrected chi connectivity index (χ1v) is 5.53. The van der Waals surface area contributed by atoms with Crippen LogP contribution in [0.1, 0.15) is 32.8 Å². The smallest absolute Gasteiger partial charge is 0.315 e. The minimum absolute atomic E-state index is 0.143. The van der Waals surface area contributed by atoms with Gasteiger partial charge in [-0.2, -0.15) is 0 Å². The number of nitrogens with one attached hydrogen (secondary N) is 2. The molecule has 1 aromatic rings. The van der Waals surface area contributed by atoms with Gasteiger partial charge in [-0.15, -0.1) is 0 Å². The lowest BCUT2D eigenvalue weighted by Gasteiger charge is -2.26. The molecular weight excluding hydrogens is 202 g/mol. The van der Waals surface area contributed by atoms with Crippen molar-refractivity contribution >= 4 is 6.03 Å². The molecule has 0 radical (unpaired) electrons. The Labute approximate surface area is 96.5 Å². The van der Waals surface area contributed by atoms with Gasteiger partial charge < -0.3 is 10.6 Å². The van der Waals surface area contributed by atoms with Crippen LogP contribution < -0.4 is 10.6 Å². The van der Waals surface area contributed by atoms with Gasteiger partial charge >= 0.3 is 6.03 Å². The van der Waals surface area contributed by atoms with Crippen molar-refractivity contribution in [3.05, 3.63) is 30.1 Å². The number of carbonyl (C=O) groups excluding carboxylic acids is 1. The van der Waals surface area contributed by atoms with E-state index in [1.54, 1.807) is 12.4 Å². The number of carbonyl (C=O) groups is 1. The molecule has 2 amide bonds. The van der Waals surface area contributed by atoms with Crippen LogP contribution in [-0.2, 0) is 5.54 Å². The van der Waals surface area contributed by atoms with Crippen LogP contribution in [0.5, 0.6) is 0 Å². The maximum Gasteiger partial charge on any atom is 0.315 e. The van der Waals surface area contributed by atoms with Crippen molar-refractivity contribution < 1.29 is 4.79 Å². The van der Waals surface area contributed by atoms with Crippen LogP contribution >= 0.6 is 0 Å². The van der Waals surface area contributed by atoms with Crippen LogP contribution in [0.15, 0.2) is 24.5 Å². The fraction of sp³-hybridized carbons (Fsp3) is 0.500. The molecule has 16 heavy (non-hydrogen) atoms. The number of pyridine rings is 1. The molecule has 0 aliphatic heterocycles. The Morgan fingerprint density at radius 2 is 2.25 bits per heavy atom. The Hall–Kier alpha value is -1.58. The van der Waals surface area contributed by atoms with E-state index < -0.39 is 5.54 Å². The number of rotatable bonds is 4. The largest absolute Gasteiger partial charge is 0.338 e. The molecule has 0 bridgehead atoms. The van der Waals surface area contributed by atoms with Crippen LogP contribution in [0.25, 0.3) is 0 Å². The summed E-state index contributed by atoms with van der Waals surface area (Å²) in [4.78, 5) is 15.6. The number of hydrogen-bond donors (Lipinski definition) is 2. The van der Waals surface area contributed by atoms with Crippen molar-refractivity contribution in [1.82, 2.24) is 15.6 Å². The molecule has 1 rings (SSSR count). The van der Waals surface area contributed by atoms with E-state index in [0.29, 0.717) is 6.54 Å². The highest BCUT2D eigenvalue weighted by Gasteiger charge is 2.22. The van der Waals surface area contributed by atoms with E-state index in [0.717, 1.165) is 12.0 Å². The summed E-state index contributed by atoms with van der Waals surface area (Å²) in [5.41, 5.74) is 0.577. The van der Waals surface area contributed by atoms with Gasteiger partial charge in [-0.25, -0.2) is 4.79 Å². The number of hydrogen-bond acceptors (Lipinski definition) is 2. The van der Waals surface area contributed by atoms with Crippen LogP contribution in [0.2, 0.25) is 0 Å². The lowest BCUT2D eigenvalue weighted by molar-refractivity contribution is 0.230. The molecule has 0 saturated carbocycles. The summed E-state index contributed by atoms with van der Waals surface area (Å²) >= 11 is 0. The van der Waals surface area contributed by atoms with Gasteiger partial charge in [-0.05, 0) is 31.9 Å². The first kappa shape index (κ1) is 12.5. The van der Waals surface area contributed by atoms with E-state index >= 15 is 0 Å². The third-order valence-corrected chi connectivity index (χ3v) is 2.34. The number of aromatic nitrogens is 1. The van der Waals surface area contributed by atoms with Gasteiger partial charge in [0.25, 0.3) is 0 Å². The average molecular weight is 221 g/mol. The summed E-state index contributed by atoms with van der Waals surface area (Å²) in [5.74, 6) is 0. The van der Waals surface area contributed by atoms with Crippen molar-refractivity contribution in [2.75, 3.05) is 6.54 Å². The van der Waals surface area contributed by atoms with Gasteiger partial charge in [-0.3, -0.25) is 4.98 Å². The SMILES string of the molecule is CCCNC(=O)NC(C)(C)c1cccnc1. The second kappa shape index (κ2) is 5.49. The summed E-state index contributed by atoms with van der Waals surface area (Å²) in [7, 11) is 0. The molecule has 2 N–H and O–H groups in total. The summed E-state index contributed by atoms with van der Waals surface area (Å²) in [5, 5.41) is 5.71. The molecule has 4 heteroatoms. The van der Waals surface area contributed by atoms with E-state index in [-0.39, 0.29) is 6.03 Å². The highest BCUT2D eigenvalue weighted by Crippen LogP contribution is 2.17. The highest BCUT2D eigenvalue weighted by atomic mass is 16.2. The average Bonchev–Trinajstić information content (AvgIpc) is 2.27. The van der Waals surface area contributed by atoms with Crippen LogP contribution in [-0.4, -0.2) is 17.6 Å². The van der Waals surface area contributed by atoms with Crippen molar-refractivity contribution in [2.45, 2.75) is 32.7 Å². The maximum absolute atomic E-state index is 11.5. The Morgan fingerprint density at radius 1 is 1.50 bits per heavy atom. The topological polar surface area (TPSA) is 54.0 Å². The summed E-state index contributed by atoms with van der Waals surface area (Å²) in [6.45, 7) is 6.62. The molecule has 4 nitrogen and oxygen atoms in total. The van der Waals surface area contributed by atoms with Gasteiger partial charge in [0.15, 0.2) is 0 Å². The third-order valence-electron chi connectivity index (χ3n) is 2.34. The fourth-order valence-electron chi connectivity index (χ4n) is 1.37. The number of urea groups is 1. The van der Waals surface area contributed by atoms with Gasteiger partial charge in [0, 0.05) is 18.9 Å². The molecule has 0 fully saturated rings. The monoisotopic (exact) mass is 221 g/mol. The van der Waals surface area contributed by atoms with Crippen molar-refractivity contribution in [1.29, 1.82) is 0 Å². The minimum atomic E-state index is -0.411. The van der Waals surface area contributed by atoms with Crippen molar-refractivity contribution in [3.63, 3.8) is 0 Å². The Bertz CT molecular complexity index is 335. The summed E-state index contributed by atoms with van der Waals surface area (Å²) < 4.78 is 0. The van der Waals surface area contributed by atoms with E-state index in [9.17, 15) is 4.79 Å². The lowest BCUT2D eigenvalue weighted by atomic mass is 9.96. The quantitative estimate of drug-likeness (QED) is 0.817. The fourth-order valence-corrected chi connectivity index (χ4v) is 1.37. The Morgan fingerprint density at radius 3 is 2.81 bits per heavy atom. The van der Waals surface area contributed by atoms with Gasteiger partial charge in [-0.1, -0.05) is 13.0 Å². The molecule has 88 valence electrons. The van der Waals surface area contributed by atoms with Crippen LogP contribution in [0, 0.1) is 0 Å². The molecule has 0 spiro atoms. The van der Waals surface area contributed by atoms with E-state index in [1.165, 1.54) is 0 Å². The molecule has 1 aromatic heterocycles. The molecule has 0 aromatic carbocycles. The Balaban J connectivity index is 2.61. The van der Waals surface area contributed by atoms with E-state index in [2.05, 4.69) is 15.6 Å². The first-order chi connectivity index (χ1) is 7.56. The molecule has 0 unspecified atom stereocenters. The zero-order valence-corrected chi connectivity index (χ0v) is 10.1. The van der Waals surface area contributed by atoms with Crippen LogP contribution in [0.4, 0.5) is 4.79 Å². The molecule has 0 aliphatic carbocycles.